The molecule has 0 aliphatic carbocycles. The largest absolute Gasteiger partial charge is 0.508 e. The number of ether oxygens (including phenoxy) is 1. The van der Waals surface area contributed by atoms with E-state index in [2.05, 4.69) is 27.6 Å². The molecule has 3 heterocycles. The summed E-state index contributed by atoms with van der Waals surface area (Å²) < 4.78 is 7.27. The van der Waals surface area contributed by atoms with Crippen molar-refractivity contribution in [3.63, 3.8) is 0 Å². The highest BCUT2D eigenvalue weighted by atomic mass is 16.5. The Labute approximate surface area is 175 Å². The number of hydrogen-bond donors (Lipinski definition) is 3. The second-order valence-electron chi connectivity index (χ2n) is 7.63. The molecule has 0 radical (unpaired) electrons. The van der Waals surface area contributed by atoms with Crippen LogP contribution in [0.25, 0.3) is 11.0 Å². The maximum atomic E-state index is 12.5. The number of hydrogen-bond acceptors (Lipinski definition) is 6. The number of aromatic hydroxyl groups is 1. The molecule has 1 aliphatic rings. The predicted molar refractivity (Wildman–Crippen MR) is 113 cm³/mol. The van der Waals surface area contributed by atoms with Gasteiger partial charge < -0.3 is 15.2 Å². The van der Waals surface area contributed by atoms with Crippen LogP contribution >= 0.6 is 0 Å². The molecule has 8 nitrogen and oxygen atoms in total. The van der Waals surface area contributed by atoms with E-state index in [0.717, 1.165) is 42.7 Å². The number of nitrogens with one attached hydrogen (secondary N) is 2. The number of pyridine rings is 1. The van der Waals surface area contributed by atoms with Crippen LogP contribution in [0.2, 0.25) is 0 Å². The molecular formula is C22H27N5O3. The fraction of sp³-hybridized carbons (Fsp3) is 0.409. The fourth-order valence-corrected chi connectivity index (χ4v) is 3.76. The first-order valence-electron chi connectivity index (χ1n) is 10.3. The number of benzene rings is 1. The van der Waals surface area contributed by atoms with E-state index < -0.39 is 0 Å². The van der Waals surface area contributed by atoms with Crippen molar-refractivity contribution >= 4 is 16.9 Å². The van der Waals surface area contributed by atoms with E-state index in [1.54, 1.807) is 30.6 Å². The number of carbonyl (C=O) groups excluding carboxylic acids is 1. The lowest BCUT2D eigenvalue weighted by atomic mass is 10.1. The number of carbonyl (C=O) groups is 1. The average Bonchev–Trinajstić information content (AvgIpc) is 3.18. The lowest BCUT2D eigenvalue weighted by Gasteiger charge is -2.27. The molecule has 1 unspecified atom stereocenters. The van der Waals surface area contributed by atoms with Crippen molar-refractivity contribution < 1.29 is 14.6 Å². The van der Waals surface area contributed by atoms with Gasteiger partial charge in [-0.15, -0.1) is 0 Å². The van der Waals surface area contributed by atoms with Crippen LogP contribution in [-0.4, -0.2) is 51.6 Å². The number of fused-ring (bicyclic) bond motifs is 1. The van der Waals surface area contributed by atoms with Gasteiger partial charge >= 0.3 is 0 Å². The summed E-state index contributed by atoms with van der Waals surface area (Å²) >= 11 is 0. The second kappa shape index (κ2) is 9.23. The van der Waals surface area contributed by atoms with Gasteiger partial charge in [0.05, 0.1) is 11.8 Å². The van der Waals surface area contributed by atoms with Gasteiger partial charge in [-0.3, -0.25) is 10.1 Å². The van der Waals surface area contributed by atoms with Crippen LogP contribution in [0.15, 0.2) is 42.7 Å². The summed E-state index contributed by atoms with van der Waals surface area (Å²) in [6.07, 6.45) is 5.95. The Bertz CT molecular complexity index is 1010. The lowest BCUT2D eigenvalue weighted by molar-refractivity contribution is 0.0722. The van der Waals surface area contributed by atoms with Gasteiger partial charge in [-0.2, -0.15) is 5.10 Å². The summed E-state index contributed by atoms with van der Waals surface area (Å²) in [5.74, 6) is 0.0525. The molecule has 2 aromatic heterocycles. The van der Waals surface area contributed by atoms with Gasteiger partial charge in [-0.1, -0.05) is 12.1 Å². The molecule has 1 atom stereocenters. The summed E-state index contributed by atoms with van der Waals surface area (Å²) in [7, 11) is 0. The molecule has 1 aromatic carbocycles. The number of nitrogens with zero attached hydrogens (tertiary/aromatic N) is 3. The lowest BCUT2D eigenvalue weighted by Crippen LogP contribution is -2.38. The van der Waals surface area contributed by atoms with E-state index in [-0.39, 0.29) is 17.8 Å². The molecule has 1 fully saturated rings. The topological polar surface area (TPSA) is 101 Å². The number of aromatic nitrogens is 3. The van der Waals surface area contributed by atoms with Crippen LogP contribution < -0.4 is 10.6 Å². The fourth-order valence-electron chi connectivity index (χ4n) is 3.76. The Balaban J connectivity index is 1.37. The second-order valence-corrected chi connectivity index (χ2v) is 7.63. The highest BCUT2D eigenvalue weighted by Crippen LogP contribution is 2.18. The van der Waals surface area contributed by atoms with Gasteiger partial charge in [0, 0.05) is 37.4 Å². The molecule has 1 saturated heterocycles. The first-order valence-corrected chi connectivity index (χ1v) is 10.3. The van der Waals surface area contributed by atoms with Gasteiger partial charge in [0.2, 0.25) is 0 Å². The number of amides is 1. The van der Waals surface area contributed by atoms with E-state index in [0.29, 0.717) is 24.6 Å². The Morgan fingerprint density at radius 1 is 1.30 bits per heavy atom. The monoisotopic (exact) mass is 409 g/mol. The molecule has 0 spiro atoms. The van der Waals surface area contributed by atoms with Crippen molar-refractivity contribution in [1.29, 1.82) is 0 Å². The molecule has 158 valence electrons. The third-order valence-corrected chi connectivity index (χ3v) is 5.37. The zero-order valence-electron chi connectivity index (χ0n) is 17.0. The van der Waals surface area contributed by atoms with Gasteiger partial charge in [0.1, 0.15) is 11.9 Å². The minimum atomic E-state index is -0.175. The minimum absolute atomic E-state index is 0.0000600. The number of rotatable bonds is 7. The molecule has 3 N–H and O–H groups in total. The zero-order valence-corrected chi connectivity index (χ0v) is 17.0. The highest BCUT2D eigenvalue weighted by molar-refractivity contribution is 5.96. The third-order valence-electron chi connectivity index (χ3n) is 5.37. The van der Waals surface area contributed by atoms with E-state index >= 15 is 0 Å². The van der Waals surface area contributed by atoms with Crippen molar-refractivity contribution in [2.45, 2.75) is 38.4 Å². The Hall–Kier alpha value is -2.97. The van der Waals surface area contributed by atoms with E-state index in [4.69, 9.17) is 4.74 Å². The van der Waals surface area contributed by atoms with E-state index in [9.17, 15) is 9.90 Å². The first kappa shape index (κ1) is 20.3. The van der Waals surface area contributed by atoms with Crippen LogP contribution in [0.3, 0.4) is 0 Å². The smallest absolute Gasteiger partial charge is 0.252 e. The van der Waals surface area contributed by atoms with Crippen molar-refractivity contribution in [2.75, 3.05) is 19.8 Å². The molecular weight excluding hydrogens is 382 g/mol. The van der Waals surface area contributed by atoms with Crippen LogP contribution in [0.5, 0.6) is 5.75 Å². The van der Waals surface area contributed by atoms with E-state index in [1.165, 1.54) is 0 Å². The minimum Gasteiger partial charge on any atom is -0.508 e. The summed E-state index contributed by atoms with van der Waals surface area (Å²) in [5, 5.41) is 21.3. The molecule has 30 heavy (non-hydrogen) atoms. The normalized spacial score (nSPS) is 15.9. The highest BCUT2D eigenvalue weighted by Gasteiger charge is 2.19. The maximum Gasteiger partial charge on any atom is 0.252 e. The van der Waals surface area contributed by atoms with Crippen molar-refractivity contribution in [3.8, 4) is 5.75 Å². The molecule has 1 aliphatic heterocycles. The number of phenols is 1. The Morgan fingerprint density at radius 2 is 2.13 bits per heavy atom. The van der Waals surface area contributed by atoms with Crippen LogP contribution in [0.1, 0.15) is 41.9 Å². The standard InChI is InChI=1S/C22H27N5O3/c1-15(26-19-6-9-30-10-7-19)27-21-17(14-25-27)12-18(13-24-21)22(29)23-8-5-16-3-2-4-20(28)11-16/h2-4,11-15,19,26,28H,5-10H2,1H3,(H,23,29). The Kier molecular flexibility index (Phi) is 6.25. The van der Waals surface area contributed by atoms with Gasteiger partial charge in [-0.25, -0.2) is 9.67 Å². The third kappa shape index (κ3) is 4.77. The van der Waals surface area contributed by atoms with Crippen molar-refractivity contribution in [1.82, 2.24) is 25.4 Å². The summed E-state index contributed by atoms with van der Waals surface area (Å²) in [5.41, 5.74) is 2.22. The molecule has 8 heteroatoms. The van der Waals surface area contributed by atoms with Gasteiger partial charge in [0.25, 0.3) is 5.91 Å². The van der Waals surface area contributed by atoms with Crippen LogP contribution in [0, 0.1) is 0 Å². The first-order chi connectivity index (χ1) is 14.6. The summed E-state index contributed by atoms with van der Waals surface area (Å²) in [6, 6.07) is 9.26. The van der Waals surface area contributed by atoms with Crippen LogP contribution in [0.4, 0.5) is 0 Å². The Morgan fingerprint density at radius 3 is 2.93 bits per heavy atom. The van der Waals surface area contributed by atoms with Crippen molar-refractivity contribution in [2.24, 2.45) is 0 Å². The van der Waals surface area contributed by atoms with Gasteiger partial charge in [-0.05, 0) is 49.9 Å². The number of phenolic OH excluding ortho intramolecular Hbond substituents is 1. The summed E-state index contributed by atoms with van der Waals surface area (Å²) in [4.78, 5) is 17.0. The molecule has 3 aromatic rings. The zero-order chi connectivity index (χ0) is 20.9. The van der Waals surface area contributed by atoms with E-state index in [1.807, 2.05) is 16.8 Å². The quantitative estimate of drug-likeness (QED) is 0.554. The SMILES string of the molecule is CC(NC1CCOCC1)n1ncc2cc(C(=O)NCCc3cccc(O)c3)cnc21. The molecule has 1 amide bonds. The van der Waals surface area contributed by atoms with Gasteiger partial charge in [0.15, 0.2) is 5.65 Å². The summed E-state index contributed by atoms with van der Waals surface area (Å²) in [6.45, 7) is 4.11. The molecule has 0 bridgehead atoms. The van der Waals surface area contributed by atoms with Crippen molar-refractivity contribution in [3.05, 3.63) is 53.9 Å². The molecule has 0 saturated carbocycles. The van der Waals surface area contributed by atoms with Crippen LogP contribution in [-0.2, 0) is 11.2 Å². The average molecular weight is 409 g/mol. The maximum absolute atomic E-state index is 12.5. The molecule has 4 rings (SSSR count). The predicted octanol–water partition coefficient (Wildman–Crippen LogP) is 2.40.